The summed E-state index contributed by atoms with van der Waals surface area (Å²) in [6.07, 6.45) is 5.05. The van der Waals surface area contributed by atoms with Crippen LogP contribution in [-0.2, 0) is 6.54 Å². The van der Waals surface area contributed by atoms with Crippen molar-refractivity contribution in [1.82, 2.24) is 35.0 Å². The quantitative estimate of drug-likeness (QED) is 0.274. The van der Waals surface area contributed by atoms with E-state index >= 15 is 0 Å². The second-order valence-electron chi connectivity index (χ2n) is 9.48. The molecule has 1 fully saturated rings. The van der Waals surface area contributed by atoms with Crippen LogP contribution < -0.4 is 0 Å². The summed E-state index contributed by atoms with van der Waals surface area (Å²) in [6, 6.07) is 12.9. The van der Waals surface area contributed by atoms with Gasteiger partial charge in [0.05, 0.1) is 22.5 Å². The minimum atomic E-state index is -2.62. The number of rotatable bonds is 5. The average molecular weight is 532 g/mol. The highest BCUT2D eigenvalue weighted by atomic mass is 32.1. The monoisotopic (exact) mass is 531 g/mol. The minimum Gasteiger partial charge on any atom is -0.336 e. The molecule has 1 saturated heterocycles. The van der Waals surface area contributed by atoms with Crippen molar-refractivity contribution in [2.45, 2.75) is 18.9 Å². The van der Waals surface area contributed by atoms with E-state index in [1.807, 2.05) is 30.3 Å². The molecule has 2 N–H and O–H groups in total. The van der Waals surface area contributed by atoms with Crippen molar-refractivity contribution in [3.05, 3.63) is 71.7 Å². The largest absolute Gasteiger partial charge is 0.336 e. The first-order valence-corrected chi connectivity index (χ1v) is 12.9. The Labute approximate surface area is 218 Å². The number of likely N-dealkylation sites (tertiary alicyclic amines) is 1. The number of alkyl halides is 2. The first-order valence-electron chi connectivity index (χ1n) is 12.1. The number of thiophene rings is 1. The smallest absolute Gasteiger partial charge is 0.261 e. The molecule has 0 bridgehead atoms. The van der Waals surface area contributed by atoms with Crippen molar-refractivity contribution in [3.8, 4) is 33.2 Å². The van der Waals surface area contributed by atoms with Gasteiger partial charge in [0.2, 0.25) is 0 Å². The first-order chi connectivity index (χ1) is 18.4. The molecule has 1 aromatic carbocycles. The summed E-state index contributed by atoms with van der Waals surface area (Å²) in [7, 11) is 0. The van der Waals surface area contributed by atoms with Crippen LogP contribution in [0.5, 0.6) is 0 Å². The van der Waals surface area contributed by atoms with Gasteiger partial charge in [-0.3, -0.25) is 20.0 Å². The number of fused-ring (bicyclic) bond motifs is 2. The van der Waals surface area contributed by atoms with Gasteiger partial charge in [0, 0.05) is 49.1 Å². The van der Waals surface area contributed by atoms with Crippen LogP contribution in [0.4, 0.5) is 13.2 Å². The number of H-pyrrole nitrogens is 2. The van der Waals surface area contributed by atoms with Crippen LogP contribution in [0.2, 0.25) is 0 Å². The van der Waals surface area contributed by atoms with E-state index in [0.29, 0.717) is 40.7 Å². The lowest BCUT2D eigenvalue weighted by molar-refractivity contribution is 0.0115. The average Bonchev–Trinajstić information content (AvgIpc) is 3.69. The molecule has 0 unspecified atom stereocenters. The van der Waals surface area contributed by atoms with E-state index in [0.717, 1.165) is 44.4 Å². The summed E-state index contributed by atoms with van der Waals surface area (Å²) < 4.78 is 40.9. The van der Waals surface area contributed by atoms with Crippen molar-refractivity contribution in [2.24, 2.45) is 0 Å². The lowest BCUT2D eigenvalue weighted by Gasteiger charge is -2.15. The highest BCUT2D eigenvalue weighted by Gasteiger charge is 2.37. The molecule has 1 aliphatic rings. The maximum Gasteiger partial charge on any atom is 0.261 e. The predicted octanol–water partition coefficient (Wildman–Crippen LogP) is 6.27. The second-order valence-corrected chi connectivity index (χ2v) is 10.5. The Balaban J connectivity index is 1.24. The lowest BCUT2D eigenvalue weighted by Crippen LogP contribution is -2.24. The summed E-state index contributed by atoms with van der Waals surface area (Å²) >= 11 is 1.02. The Hall–Kier alpha value is -4.09. The number of imidazole rings is 1. The third-order valence-corrected chi connectivity index (χ3v) is 7.66. The van der Waals surface area contributed by atoms with Crippen molar-refractivity contribution in [3.63, 3.8) is 0 Å². The molecule has 5 aromatic heterocycles. The lowest BCUT2D eigenvalue weighted by atomic mass is 10.0. The van der Waals surface area contributed by atoms with E-state index in [1.54, 1.807) is 29.6 Å². The van der Waals surface area contributed by atoms with Crippen LogP contribution >= 0.6 is 11.3 Å². The van der Waals surface area contributed by atoms with Gasteiger partial charge in [0.15, 0.2) is 11.0 Å². The molecular weight excluding hydrogens is 511 g/mol. The first kappa shape index (κ1) is 23.1. The fraction of sp³-hybridized carbons (Fsp3) is 0.185. The Morgan fingerprint density at radius 3 is 2.74 bits per heavy atom. The summed E-state index contributed by atoms with van der Waals surface area (Å²) in [5, 5.41) is 8.16. The molecule has 0 spiro atoms. The minimum absolute atomic E-state index is 0.108. The molecule has 6 heterocycles. The van der Waals surface area contributed by atoms with E-state index in [2.05, 4.69) is 25.1 Å². The summed E-state index contributed by atoms with van der Waals surface area (Å²) in [6.45, 7) is 0.578. The van der Waals surface area contributed by atoms with Crippen molar-refractivity contribution in [2.75, 3.05) is 13.1 Å². The van der Waals surface area contributed by atoms with Gasteiger partial charge in [-0.25, -0.2) is 13.8 Å². The zero-order valence-electron chi connectivity index (χ0n) is 19.9. The molecule has 0 atom stereocenters. The molecule has 0 amide bonds. The molecule has 7 nitrogen and oxygen atoms in total. The van der Waals surface area contributed by atoms with Crippen molar-refractivity contribution >= 4 is 33.3 Å². The Bertz CT molecular complexity index is 1810. The number of aromatic nitrogens is 6. The number of hydrogen-bond donors (Lipinski definition) is 2. The molecule has 7 rings (SSSR count). The number of nitrogens with one attached hydrogen (secondary N) is 2. The predicted molar refractivity (Wildman–Crippen MR) is 140 cm³/mol. The highest BCUT2D eigenvalue weighted by Crippen LogP contribution is 2.34. The van der Waals surface area contributed by atoms with Gasteiger partial charge in [-0.2, -0.15) is 9.49 Å². The van der Waals surface area contributed by atoms with E-state index in [4.69, 9.17) is 4.98 Å². The summed E-state index contributed by atoms with van der Waals surface area (Å²) in [5.74, 6) is -2.06. The van der Waals surface area contributed by atoms with Crippen LogP contribution in [0, 0.1) is 5.13 Å². The van der Waals surface area contributed by atoms with Gasteiger partial charge in [-0.1, -0.05) is 6.07 Å². The van der Waals surface area contributed by atoms with E-state index in [1.165, 1.54) is 6.07 Å². The number of halogens is 3. The van der Waals surface area contributed by atoms with Gasteiger partial charge >= 0.3 is 0 Å². The number of benzene rings is 1. The number of aromatic amines is 2. The zero-order chi connectivity index (χ0) is 25.9. The van der Waals surface area contributed by atoms with Crippen LogP contribution in [0.1, 0.15) is 12.0 Å². The molecule has 1 aliphatic heterocycles. The Morgan fingerprint density at radius 1 is 1.00 bits per heavy atom. The Kier molecular flexibility index (Phi) is 5.31. The van der Waals surface area contributed by atoms with E-state index in [-0.39, 0.29) is 18.1 Å². The van der Waals surface area contributed by atoms with Crippen molar-refractivity contribution in [1.29, 1.82) is 0 Å². The van der Waals surface area contributed by atoms with Crippen LogP contribution in [0.25, 0.3) is 55.2 Å². The SMILES string of the molecule is Fc1ccc(-c2nccc3[nH]c(-c4n[nH]c5ccc(-c6cncc(CN7CCC(F)(F)C7)c6)cc45)nc23)s1. The third kappa shape index (κ3) is 4.13. The van der Waals surface area contributed by atoms with Crippen LogP contribution in [0.15, 0.2) is 61.1 Å². The van der Waals surface area contributed by atoms with Gasteiger partial charge in [-0.05, 0) is 47.5 Å². The molecule has 190 valence electrons. The molecule has 0 saturated carbocycles. The van der Waals surface area contributed by atoms with Gasteiger partial charge in [0.1, 0.15) is 16.9 Å². The maximum absolute atomic E-state index is 13.7. The molecule has 0 aliphatic carbocycles. The normalized spacial score (nSPS) is 15.7. The molecular formula is C27H20F3N7S. The number of pyridine rings is 2. The Morgan fingerprint density at radius 2 is 1.92 bits per heavy atom. The maximum atomic E-state index is 13.7. The van der Waals surface area contributed by atoms with Gasteiger partial charge in [-0.15, -0.1) is 11.3 Å². The highest BCUT2D eigenvalue weighted by molar-refractivity contribution is 7.13. The van der Waals surface area contributed by atoms with Crippen molar-refractivity contribution < 1.29 is 13.2 Å². The van der Waals surface area contributed by atoms with E-state index in [9.17, 15) is 13.2 Å². The molecule has 0 radical (unpaired) electrons. The third-order valence-electron chi connectivity index (χ3n) is 6.78. The second kappa shape index (κ2) is 8.74. The molecule has 6 aromatic rings. The molecule has 38 heavy (non-hydrogen) atoms. The fourth-order valence-corrected chi connectivity index (χ4v) is 5.70. The summed E-state index contributed by atoms with van der Waals surface area (Å²) in [4.78, 5) is 19.4. The molecule has 11 heteroatoms. The summed E-state index contributed by atoms with van der Waals surface area (Å²) in [5.41, 5.74) is 6.20. The fourth-order valence-electron chi connectivity index (χ4n) is 4.98. The number of hydrogen-bond acceptors (Lipinski definition) is 6. The zero-order valence-corrected chi connectivity index (χ0v) is 20.7. The standard InChI is InChI=1S/C27H20F3N7S/c28-22-4-3-21(38-22)25-24-20(5-7-32-25)33-26(34-24)23-18-10-16(1-2-19(18)35-36-23)17-9-15(11-31-12-17)13-37-8-6-27(29,30)14-37/h1-5,7,9-12H,6,8,13-14H2,(H,33,34)(H,35,36). The van der Waals surface area contributed by atoms with Gasteiger partial charge in [0.25, 0.3) is 5.92 Å². The van der Waals surface area contributed by atoms with Gasteiger partial charge < -0.3 is 4.98 Å². The topological polar surface area (TPSA) is 86.4 Å². The van der Waals surface area contributed by atoms with Crippen LogP contribution in [0.3, 0.4) is 0 Å². The number of nitrogens with zero attached hydrogens (tertiary/aromatic N) is 5. The van der Waals surface area contributed by atoms with E-state index < -0.39 is 5.92 Å². The van der Waals surface area contributed by atoms with Crippen LogP contribution in [-0.4, -0.2) is 54.0 Å².